The van der Waals surface area contributed by atoms with Crippen LogP contribution in [0.15, 0.2) is 48.5 Å². The van der Waals surface area contributed by atoms with Gasteiger partial charge in [0.25, 0.3) is 0 Å². The number of benzene rings is 2. The first-order valence-corrected chi connectivity index (χ1v) is 7.37. The molecule has 0 amide bonds. The van der Waals surface area contributed by atoms with Crippen LogP contribution in [-0.2, 0) is 11.2 Å². The molecule has 0 heterocycles. The molecular weight excluding hydrogens is 258 g/mol. The van der Waals surface area contributed by atoms with Gasteiger partial charge in [-0.15, -0.1) is 0 Å². The fourth-order valence-corrected chi connectivity index (χ4v) is 2.17. The van der Waals surface area contributed by atoms with Crippen molar-refractivity contribution in [1.82, 2.24) is 0 Å². The minimum absolute atomic E-state index is 0.100. The van der Waals surface area contributed by atoms with Crippen molar-refractivity contribution in [3.8, 4) is 11.1 Å². The minimum atomic E-state index is 0.100. The largest absolute Gasteiger partial charge is 0.378 e. The van der Waals surface area contributed by atoms with Gasteiger partial charge >= 0.3 is 0 Å². The number of ketones is 1. The quantitative estimate of drug-likeness (QED) is 0.819. The van der Waals surface area contributed by atoms with Crippen LogP contribution in [0.5, 0.6) is 0 Å². The van der Waals surface area contributed by atoms with Crippen molar-refractivity contribution in [1.29, 1.82) is 0 Å². The molecule has 0 aliphatic heterocycles. The lowest BCUT2D eigenvalue weighted by molar-refractivity contribution is -0.121. The van der Waals surface area contributed by atoms with Crippen molar-refractivity contribution >= 4 is 11.5 Å². The second kappa shape index (κ2) is 6.57. The molecule has 0 atom stereocenters. The molecule has 2 aromatic rings. The zero-order chi connectivity index (χ0) is 15.4. The van der Waals surface area contributed by atoms with E-state index in [1.807, 2.05) is 27.9 Å². The summed E-state index contributed by atoms with van der Waals surface area (Å²) in [6.45, 7) is 3.89. The smallest absolute Gasteiger partial charge is 0.139 e. The van der Waals surface area contributed by atoms with E-state index in [1.54, 1.807) is 0 Å². The first-order valence-electron chi connectivity index (χ1n) is 7.37. The minimum Gasteiger partial charge on any atom is -0.378 e. The fraction of sp³-hybridized carbons (Fsp3) is 0.316. The summed E-state index contributed by atoms with van der Waals surface area (Å²) in [4.78, 5) is 13.9. The number of rotatable bonds is 5. The molecule has 0 N–H and O–H groups in total. The maximum Gasteiger partial charge on any atom is 0.139 e. The Morgan fingerprint density at radius 1 is 0.905 bits per heavy atom. The Morgan fingerprint density at radius 2 is 1.38 bits per heavy atom. The van der Waals surface area contributed by atoms with E-state index in [0.29, 0.717) is 6.42 Å². The molecule has 0 saturated heterocycles. The number of anilines is 1. The number of nitrogens with zero attached hydrogens (tertiary/aromatic N) is 1. The van der Waals surface area contributed by atoms with E-state index in [-0.39, 0.29) is 11.7 Å². The topological polar surface area (TPSA) is 20.3 Å². The van der Waals surface area contributed by atoms with Crippen LogP contribution in [0.4, 0.5) is 5.69 Å². The summed E-state index contributed by atoms with van der Waals surface area (Å²) in [7, 11) is 4.07. The van der Waals surface area contributed by atoms with Gasteiger partial charge in [0.05, 0.1) is 0 Å². The van der Waals surface area contributed by atoms with Gasteiger partial charge in [0.1, 0.15) is 5.78 Å². The molecule has 21 heavy (non-hydrogen) atoms. The van der Waals surface area contributed by atoms with Gasteiger partial charge in [-0.3, -0.25) is 4.79 Å². The Balaban J connectivity index is 2.13. The van der Waals surface area contributed by atoms with Crippen LogP contribution in [0, 0.1) is 5.92 Å². The van der Waals surface area contributed by atoms with Crippen LogP contribution in [0.25, 0.3) is 11.1 Å². The highest BCUT2D eigenvalue weighted by atomic mass is 16.1. The second-order valence-corrected chi connectivity index (χ2v) is 5.94. The third kappa shape index (κ3) is 3.94. The lowest BCUT2D eigenvalue weighted by Gasteiger charge is -2.13. The normalized spacial score (nSPS) is 10.7. The number of carbonyl (C=O) groups is 1. The SMILES string of the molecule is CC(C)C(=O)Cc1ccc(-c2ccc(N(C)C)cc2)cc1. The molecule has 2 heteroatoms. The lowest BCUT2D eigenvalue weighted by Crippen LogP contribution is -2.09. The Labute approximate surface area is 127 Å². The molecule has 2 nitrogen and oxygen atoms in total. The van der Waals surface area contributed by atoms with Crippen LogP contribution >= 0.6 is 0 Å². The summed E-state index contributed by atoms with van der Waals surface area (Å²) in [6, 6.07) is 16.8. The Bertz CT molecular complexity index is 594. The summed E-state index contributed by atoms with van der Waals surface area (Å²) in [5.41, 5.74) is 4.66. The highest BCUT2D eigenvalue weighted by Crippen LogP contribution is 2.23. The summed E-state index contributed by atoms with van der Waals surface area (Å²) in [6.07, 6.45) is 0.525. The van der Waals surface area contributed by atoms with Crippen LogP contribution in [0.2, 0.25) is 0 Å². The highest BCUT2D eigenvalue weighted by molar-refractivity contribution is 5.82. The van der Waals surface area contributed by atoms with Crippen molar-refractivity contribution in [2.75, 3.05) is 19.0 Å². The van der Waals surface area contributed by atoms with Gasteiger partial charge in [-0.25, -0.2) is 0 Å². The monoisotopic (exact) mass is 281 g/mol. The summed E-state index contributed by atoms with van der Waals surface area (Å²) < 4.78 is 0. The van der Waals surface area contributed by atoms with Gasteiger partial charge in [0.15, 0.2) is 0 Å². The second-order valence-electron chi connectivity index (χ2n) is 5.94. The molecule has 0 saturated carbocycles. The third-order valence-corrected chi connectivity index (χ3v) is 3.69. The Kier molecular flexibility index (Phi) is 4.79. The third-order valence-electron chi connectivity index (χ3n) is 3.69. The number of hydrogen-bond acceptors (Lipinski definition) is 2. The van der Waals surface area contributed by atoms with Crippen LogP contribution < -0.4 is 4.90 Å². The Morgan fingerprint density at radius 3 is 1.81 bits per heavy atom. The van der Waals surface area contributed by atoms with Gasteiger partial charge in [-0.1, -0.05) is 50.2 Å². The van der Waals surface area contributed by atoms with Crippen molar-refractivity contribution in [2.45, 2.75) is 20.3 Å². The highest BCUT2D eigenvalue weighted by Gasteiger charge is 2.08. The molecule has 0 bridgehead atoms. The van der Waals surface area contributed by atoms with E-state index < -0.39 is 0 Å². The average molecular weight is 281 g/mol. The van der Waals surface area contributed by atoms with Crippen LogP contribution in [-0.4, -0.2) is 19.9 Å². The van der Waals surface area contributed by atoms with E-state index in [0.717, 1.165) is 5.56 Å². The van der Waals surface area contributed by atoms with E-state index in [4.69, 9.17) is 0 Å². The van der Waals surface area contributed by atoms with Gasteiger partial charge in [-0.2, -0.15) is 0 Å². The lowest BCUT2D eigenvalue weighted by atomic mass is 9.98. The van der Waals surface area contributed by atoms with Gasteiger partial charge in [-0.05, 0) is 28.8 Å². The molecule has 0 aromatic heterocycles. The zero-order valence-corrected chi connectivity index (χ0v) is 13.3. The van der Waals surface area contributed by atoms with Gasteiger partial charge < -0.3 is 4.90 Å². The number of carbonyl (C=O) groups excluding carboxylic acids is 1. The zero-order valence-electron chi connectivity index (χ0n) is 13.3. The Hall–Kier alpha value is -2.09. The average Bonchev–Trinajstić information content (AvgIpc) is 2.48. The molecule has 0 aliphatic carbocycles. The van der Waals surface area contributed by atoms with E-state index in [1.165, 1.54) is 16.8 Å². The maximum absolute atomic E-state index is 11.8. The number of hydrogen-bond donors (Lipinski definition) is 0. The standard InChI is InChI=1S/C19H23NO/c1-14(2)19(21)13-15-5-7-16(8-6-15)17-9-11-18(12-10-17)20(3)4/h5-12,14H,13H2,1-4H3. The molecule has 2 aromatic carbocycles. The van der Waals surface area contributed by atoms with Crippen molar-refractivity contribution < 1.29 is 4.79 Å². The molecule has 2 rings (SSSR count). The molecular formula is C19H23NO. The maximum atomic E-state index is 11.8. The van der Waals surface area contributed by atoms with Crippen molar-refractivity contribution in [3.63, 3.8) is 0 Å². The number of Topliss-reactive ketones (excluding diaryl/α,β-unsaturated/α-hetero) is 1. The van der Waals surface area contributed by atoms with Gasteiger partial charge in [0, 0.05) is 32.1 Å². The summed E-state index contributed by atoms with van der Waals surface area (Å²) >= 11 is 0. The molecule has 0 fully saturated rings. The molecule has 0 aliphatic rings. The predicted molar refractivity (Wildman–Crippen MR) is 89.8 cm³/mol. The predicted octanol–water partition coefficient (Wildman–Crippen LogP) is 4.19. The molecule has 0 spiro atoms. The van der Waals surface area contributed by atoms with Crippen molar-refractivity contribution in [2.24, 2.45) is 5.92 Å². The van der Waals surface area contributed by atoms with Crippen LogP contribution in [0.3, 0.4) is 0 Å². The summed E-state index contributed by atoms with van der Waals surface area (Å²) in [5.74, 6) is 0.390. The van der Waals surface area contributed by atoms with Crippen LogP contribution in [0.1, 0.15) is 19.4 Å². The van der Waals surface area contributed by atoms with E-state index in [2.05, 4.69) is 53.4 Å². The van der Waals surface area contributed by atoms with E-state index in [9.17, 15) is 4.79 Å². The first-order chi connectivity index (χ1) is 9.97. The molecule has 0 unspecified atom stereocenters. The molecule has 110 valence electrons. The van der Waals surface area contributed by atoms with Crippen molar-refractivity contribution in [3.05, 3.63) is 54.1 Å². The first kappa shape index (κ1) is 15.3. The summed E-state index contributed by atoms with van der Waals surface area (Å²) in [5, 5.41) is 0. The van der Waals surface area contributed by atoms with Gasteiger partial charge in [0.2, 0.25) is 0 Å². The molecule has 0 radical (unpaired) electrons. The fourth-order valence-electron chi connectivity index (χ4n) is 2.17. The van der Waals surface area contributed by atoms with E-state index >= 15 is 0 Å².